The van der Waals surface area contributed by atoms with Crippen LogP contribution in [-0.4, -0.2) is 41.2 Å². The second-order valence-corrected chi connectivity index (χ2v) is 4.30. The highest BCUT2D eigenvalue weighted by Crippen LogP contribution is 2.20. The van der Waals surface area contributed by atoms with Gasteiger partial charge < -0.3 is 9.47 Å². The topological polar surface area (TPSA) is 83.3 Å². The molecule has 2 rings (SSSR count). The van der Waals surface area contributed by atoms with E-state index in [9.17, 15) is 9.59 Å². The highest BCUT2D eigenvalue weighted by Gasteiger charge is 2.29. The lowest BCUT2D eigenvalue weighted by Crippen LogP contribution is -2.19. The summed E-state index contributed by atoms with van der Waals surface area (Å²) in [5, 5.41) is 7.64. The van der Waals surface area contributed by atoms with Gasteiger partial charge in [0.15, 0.2) is 5.69 Å². The van der Waals surface area contributed by atoms with E-state index in [4.69, 9.17) is 4.74 Å². The Kier molecular flexibility index (Phi) is 4.32. The van der Waals surface area contributed by atoms with Crippen LogP contribution in [0, 0.1) is 0 Å². The van der Waals surface area contributed by atoms with Gasteiger partial charge >= 0.3 is 11.9 Å². The van der Waals surface area contributed by atoms with Gasteiger partial charge in [-0.3, -0.25) is 0 Å². The first kappa shape index (κ1) is 14.7. The number of ether oxygens (including phenoxy) is 2. The SMILES string of the molecule is COC(=O)c1nnn([C@@H](C)c2ccccc2)c1C(=O)OC. The Bertz CT molecular complexity index is 651. The summed E-state index contributed by atoms with van der Waals surface area (Å²) in [6.45, 7) is 1.84. The summed E-state index contributed by atoms with van der Waals surface area (Å²) in [4.78, 5) is 23.6. The molecular weight excluding hydrogens is 274 g/mol. The third-order valence-electron chi connectivity index (χ3n) is 3.10. The quantitative estimate of drug-likeness (QED) is 0.792. The third-order valence-corrected chi connectivity index (χ3v) is 3.10. The molecule has 1 aromatic carbocycles. The molecule has 0 N–H and O–H groups in total. The van der Waals surface area contributed by atoms with Gasteiger partial charge in [-0.15, -0.1) is 5.10 Å². The number of carbonyl (C=O) groups is 2. The van der Waals surface area contributed by atoms with Crippen molar-refractivity contribution in [2.24, 2.45) is 0 Å². The van der Waals surface area contributed by atoms with Gasteiger partial charge in [-0.2, -0.15) is 0 Å². The van der Waals surface area contributed by atoms with Crippen LogP contribution in [0.4, 0.5) is 0 Å². The Morgan fingerprint density at radius 3 is 2.29 bits per heavy atom. The lowest BCUT2D eigenvalue weighted by atomic mass is 10.1. The fourth-order valence-electron chi connectivity index (χ4n) is 1.96. The minimum atomic E-state index is -0.734. The van der Waals surface area contributed by atoms with Crippen molar-refractivity contribution in [2.45, 2.75) is 13.0 Å². The molecule has 0 saturated heterocycles. The number of rotatable bonds is 4. The highest BCUT2D eigenvalue weighted by molar-refractivity contribution is 6.00. The number of methoxy groups -OCH3 is 2. The molecule has 0 radical (unpaired) electrons. The van der Waals surface area contributed by atoms with Crippen molar-refractivity contribution < 1.29 is 19.1 Å². The largest absolute Gasteiger partial charge is 0.464 e. The van der Waals surface area contributed by atoms with E-state index < -0.39 is 11.9 Å². The molecule has 21 heavy (non-hydrogen) atoms. The summed E-state index contributed by atoms with van der Waals surface area (Å²) in [5.74, 6) is -1.43. The van der Waals surface area contributed by atoms with Gasteiger partial charge in [0.1, 0.15) is 0 Å². The number of esters is 2. The zero-order valence-corrected chi connectivity index (χ0v) is 11.9. The standard InChI is InChI=1S/C14H15N3O4/c1-9(10-7-5-4-6-8-10)17-12(14(19)21-3)11(15-16-17)13(18)20-2/h4-9H,1-3H3/t9-/m0/s1. The van der Waals surface area contributed by atoms with E-state index in [1.165, 1.54) is 18.9 Å². The number of carbonyl (C=O) groups excluding carboxylic acids is 2. The predicted molar refractivity (Wildman–Crippen MR) is 73.0 cm³/mol. The fraction of sp³-hybridized carbons (Fsp3) is 0.286. The molecular formula is C14H15N3O4. The van der Waals surface area contributed by atoms with E-state index in [1.807, 2.05) is 37.3 Å². The van der Waals surface area contributed by atoms with E-state index in [0.29, 0.717) is 0 Å². The summed E-state index contributed by atoms with van der Waals surface area (Å²) in [6.07, 6.45) is 0. The number of benzene rings is 1. The van der Waals surface area contributed by atoms with E-state index in [-0.39, 0.29) is 17.4 Å². The molecule has 0 aliphatic rings. The molecule has 0 saturated carbocycles. The van der Waals surface area contributed by atoms with E-state index in [2.05, 4.69) is 15.0 Å². The van der Waals surface area contributed by atoms with Crippen LogP contribution in [0.3, 0.4) is 0 Å². The smallest absolute Gasteiger partial charge is 0.361 e. The fourth-order valence-corrected chi connectivity index (χ4v) is 1.96. The van der Waals surface area contributed by atoms with Crippen LogP contribution in [0.2, 0.25) is 0 Å². The summed E-state index contributed by atoms with van der Waals surface area (Å²) >= 11 is 0. The number of nitrogens with zero attached hydrogens (tertiary/aromatic N) is 3. The minimum Gasteiger partial charge on any atom is -0.464 e. The Morgan fingerprint density at radius 1 is 1.10 bits per heavy atom. The average Bonchev–Trinajstić information content (AvgIpc) is 2.98. The van der Waals surface area contributed by atoms with Gasteiger partial charge in [0, 0.05) is 0 Å². The van der Waals surface area contributed by atoms with Crippen molar-refractivity contribution in [3.63, 3.8) is 0 Å². The maximum absolute atomic E-state index is 11.9. The van der Waals surface area contributed by atoms with Crippen molar-refractivity contribution in [1.82, 2.24) is 15.0 Å². The lowest BCUT2D eigenvalue weighted by Gasteiger charge is -2.14. The maximum Gasteiger partial charge on any atom is 0.361 e. The molecule has 2 aromatic rings. The molecule has 1 aromatic heterocycles. The van der Waals surface area contributed by atoms with Crippen LogP contribution in [0.15, 0.2) is 30.3 Å². The van der Waals surface area contributed by atoms with E-state index >= 15 is 0 Å². The van der Waals surface area contributed by atoms with Gasteiger partial charge in [-0.25, -0.2) is 14.3 Å². The third kappa shape index (κ3) is 2.76. The van der Waals surface area contributed by atoms with Gasteiger partial charge in [0.25, 0.3) is 0 Å². The second-order valence-electron chi connectivity index (χ2n) is 4.30. The Balaban J connectivity index is 2.51. The molecule has 1 atom stereocenters. The molecule has 0 bridgehead atoms. The van der Waals surface area contributed by atoms with Gasteiger partial charge in [0.2, 0.25) is 5.69 Å². The molecule has 1 heterocycles. The number of hydrogen-bond acceptors (Lipinski definition) is 6. The number of aromatic nitrogens is 3. The Labute approximate surface area is 121 Å². The molecule has 0 aliphatic heterocycles. The first-order chi connectivity index (χ1) is 10.1. The van der Waals surface area contributed by atoms with Crippen molar-refractivity contribution in [3.8, 4) is 0 Å². The Morgan fingerprint density at radius 2 is 1.71 bits per heavy atom. The van der Waals surface area contributed by atoms with Crippen LogP contribution >= 0.6 is 0 Å². The van der Waals surface area contributed by atoms with Gasteiger partial charge in [-0.1, -0.05) is 35.5 Å². The summed E-state index contributed by atoms with van der Waals surface area (Å²) in [5.41, 5.74) is 0.733. The average molecular weight is 289 g/mol. The molecule has 0 fully saturated rings. The van der Waals surface area contributed by atoms with Crippen LogP contribution in [-0.2, 0) is 9.47 Å². The monoisotopic (exact) mass is 289 g/mol. The normalized spacial score (nSPS) is 11.8. The lowest BCUT2D eigenvalue weighted by molar-refractivity contribution is 0.0542. The first-order valence-corrected chi connectivity index (χ1v) is 6.27. The van der Waals surface area contributed by atoms with Crippen LogP contribution in [0.25, 0.3) is 0 Å². The molecule has 0 unspecified atom stereocenters. The number of hydrogen-bond donors (Lipinski definition) is 0. The van der Waals surface area contributed by atoms with E-state index in [1.54, 1.807) is 0 Å². The van der Waals surface area contributed by atoms with Gasteiger partial charge in [-0.05, 0) is 12.5 Å². The molecule has 0 amide bonds. The molecule has 0 spiro atoms. The van der Waals surface area contributed by atoms with Gasteiger partial charge in [0.05, 0.1) is 20.3 Å². The van der Waals surface area contributed by atoms with Crippen molar-refractivity contribution in [1.29, 1.82) is 0 Å². The van der Waals surface area contributed by atoms with Crippen LogP contribution < -0.4 is 0 Å². The molecule has 110 valence electrons. The highest BCUT2D eigenvalue weighted by atomic mass is 16.5. The second kappa shape index (κ2) is 6.17. The molecule has 7 heteroatoms. The molecule has 0 aliphatic carbocycles. The summed E-state index contributed by atoms with van der Waals surface area (Å²) < 4.78 is 10.7. The maximum atomic E-state index is 11.9. The summed E-state index contributed by atoms with van der Waals surface area (Å²) in [6, 6.07) is 9.14. The minimum absolute atomic E-state index is 0.0271. The summed E-state index contributed by atoms with van der Waals surface area (Å²) in [7, 11) is 2.44. The van der Waals surface area contributed by atoms with Crippen molar-refractivity contribution in [3.05, 3.63) is 47.3 Å². The van der Waals surface area contributed by atoms with Crippen molar-refractivity contribution >= 4 is 11.9 Å². The van der Waals surface area contributed by atoms with Crippen molar-refractivity contribution in [2.75, 3.05) is 14.2 Å². The first-order valence-electron chi connectivity index (χ1n) is 6.27. The van der Waals surface area contributed by atoms with E-state index in [0.717, 1.165) is 5.56 Å². The Hall–Kier alpha value is -2.70. The molecule has 7 nitrogen and oxygen atoms in total. The zero-order chi connectivity index (χ0) is 15.4. The van der Waals surface area contributed by atoms with Crippen LogP contribution in [0.1, 0.15) is 39.5 Å². The zero-order valence-electron chi connectivity index (χ0n) is 11.9. The predicted octanol–water partition coefficient (Wildman–Crippen LogP) is 1.46. The van der Waals surface area contributed by atoms with Crippen LogP contribution in [0.5, 0.6) is 0 Å².